The largest absolute Gasteiger partial charge is 0.465 e. The van der Waals surface area contributed by atoms with Crippen molar-refractivity contribution >= 4 is 29.0 Å². The molecule has 1 aromatic heterocycles. The van der Waals surface area contributed by atoms with Gasteiger partial charge in [0.15, 0.2) is 5.11 Å². The van der Waals surface area contributed by atoms with Gasteiger partial charge >= 0.3 is 5.97 Å². The number of thiocarbonyl (C=S) groups is 1. The van der Waals surface area contributed by atoms with Crippen LogP contribution in [0.2, 0.25) is 0 Å². The van der Waals surface area contributed by atoms with E-state index in [1.807, 2.05) is 56.4 Å². The highest BCUT2D eigenvalue weighted by molar-refractivity contribution is 7.80. The van der Waals surface area contributed by atoms with Crippen LogP contribution in [0.1, 0.15) is 21.6 Å². The molecule has 0 aliphatic carbocycles. The highest BCUT2D eigenvalue weighted by Crippen LogP contribution is 2.14. The molecule has 0 bridgehead atoms. The van der Waals surface area contributed by atoms with Gasteiger partial charge in [0, 0.05) is 13.6 Å². The SMILES string of the molecule is COC(=O)c1ccc(CNC(=S)Nc2c(C)n(C)n(-c3ccccc3)c2=O)cc1. The van der Waals surface area contributed by atoms with Crippen LogP contribution in [0.4, 0.5) is 5.69 Å². The smallest absolute Gasteiger partial charge is 0.337 e. The molecule has 7 nitrogen and oxygen atoms in total. The van der Waals surface area contributed by atoms with E-state index in [1.165, 1.54) is 7.11 Å². The van der Waals surface area contributed by atoms with E-state index < -0.39 is 0 Å². The first kappa shape index (κ1) is 20.3. The quantitative estimate of drug-likeness (QED) is 0.498. The van der Waals surface area contributed by atoms with Crippen molar-refractivity contribution < 1.29 is 9.53 Å². The molecule has 0 atom stereocenters. The monoisotopic (exact) mass is 410 g/mol. The minimum absolute atomic E-state index is 0.178. The van der Waals surface area contributed by atoms with E-state index in [0.29, 0.717) is 22.9 Å². The van der Waals surface area contributed by atoms with E-state index in [2.05, 4.69) is 15.4 Å². The molecule has 0 spiro atoms. The van der Waals surface area contributed by atoms with Crippen LogP contribution < -0.4 is 16.2 Å². The molecular weight excluding hydrogens is 388 g/mol. The predicted molar refractivity (Wildman–Crippen MR) is 117 cm³/mol. The summed E-state index contributed by atoms with van der Waals surface area (Å²) in [7, 11) is 3.17. The van der Waals surface area contributed by atoms with Gasteiger partial charge in [0.25, 0.3) is 5.56 Å². The Hall–Kier alpha value is -3.39. The van der Waals surface area contributed by atoms with Crippen LogP contribution >= 0.6 is 12.2 Å². The number of benzene rings is 2. The van der Waals surface area contributed by atoms with Crippen molar-refractivity contribution in [3.05, 3.63) is 81.8 Å². The van der Waals surface area contributed by atoms with Gasteiger partial charge in [-0.05, 0) is 49.0 Å². The summed E-state index contributed by atoms with van der Waals surface area (Å²) < 4.78 is 8.06. The van der Waals surface area contributed by atoms with Crippen molar-refractivity contribution in [2.45, 2.75) is 13.5 Å². The highest BCUT2D eigenvalue weighted by atomic mass is 32.1. The summed E-state index contributed by atoms with van der Waals surface area (Å²) in [6, 6.07) is 16.4. The minimum atomic E-state index is -0.379. The molecule has 3 rings (SSSR count). The Bertz CT molecular complexity index is 1090. The van der Waals surface area contributed by atoms with Crippen molar-refractivity contribution in [3.8, 4) is 5.69 Å². The Morgan fingerprint density at radius 2 is 1.76 bits per heavy atom. The lowest BCUT2D eigenvalue weighted by atomic mass is 10.1. The molecule has 0 aliphatic rings. The minimum Gasteiger partial charge on any atom is -0.465 e. The van der Waals surface area contributed by atoms with Gasteiger partial charge in [-0.25, -0.2) is 9.48 Å². The lowest BCUT2D eigenvalue weighted by molar-refractivity contribution is 0.0600. The fourth-order valence-electron chi connectivity index (χ4n) is 2.93. The number of rotatable bonds is 5. The molecule has 0 radical (unpaired) electrons. The van der Waals surface area contributed by atoms with Crippen LogP contribution in [0.5, 0.6) is 0 Å². The highest BCUT2D eigenvalue weighted by Gasteiger charge is 2.16. The first-order chi connectivity index (χ1) is 13.9. The second-order valence-electron chi connectivity index (χ2n) is 6.43. The van der Waals surface area contributed by atoms with Crippen LogP contribution in [0.3, 0.4) is 0 Å². The number of esters is 1. The second kappa shape index (κ2) is 8.74. The fourth-order valence-corrected chi connectivity index (χ4v) is 3.10. The molecule has 1 heterocycles. The Labute approximate surface area is 173 Å². The average Bonchev–Trinajstić information content (AvgIpc) is 2.95. The molecule has 3 aromatic rings. The predicted octanol–water partition coefficient (Wildman–Crippen LogP) is 2.76. The normalized spacial score (nSPS) is 10.4. The summed E-state index contributed by atoms with van der Waals surface area (Å²) in [6.45, 7) is 2.31. The Morgan fingerprint density at radius 3 is 2.38 bits per heavy atom. The summed E-state index contributed by atoms with van der Waals surface area (Å²) >= 11 is 5.36. The summed E-state index contributed by atoms with van der Waals surface area (Å²) in [5, 5.41) is 6.43. The molecule has 150 valence electrons. The number of hydrogen-bond donors (Lipinski definition) is 2. The lowest BCUT2D eigenvalue weighted by Crippen LogP contribution is -2.30. The number of ether oxygens (including phenoxy) is 1. The third-order valence-electron chi connectivity index (χ3n) is 4.62. The van der Waals surface area contributed by atoms with E-state index in [-0.39, 0.29) is 11.5 Å². The molecule has 0 saturated heterocycles. The molecule has 29 heavy (non-hydrogen) atoms. The van der Waals surface area contributed by atoms with E-state index in [1.54, 1.807) is 21.5 Å². The van der Waals surface area contributed by atoms with E-state index in [0.717, 1.165) is 16.9 Å². The summed E-state index contributed by atoms with van der Waals surface area (Å²) in [5.74, 6) is -0.379. The standard InChI is InChI=1S/C21H22N4O3S/c1-14-18(19(26)25(24(14)2)17-7-5-4-6-8-17)23-21(29)22-13-15-9-11-16(12-10-15)20(27)28-3/h4-12H,13H2,1-3H3,(H2,22,23,29). The zero-order valence-electron chi connectivity index (χ0n) is 16.4. The number of carbonyl (C=O) groups excluding carboxylic acids is 1. The first-order valence-electron chi connectivity index (χ1n) is 8.98. The van der Waals surface area contributed by atoms with E-state index in [9.17, 15) is 9.59 Å². The number of para-hydroxylation sites is 1. The van der Waals surface area contributed by atoms with Crippen molar-refractivity contribution in [1.82, 2.24) is 14.7 Å². The van der Waals surface area contributed by atoms with Gasteiger partial charge in [-0.15, -0.1) is 0 Å². The first-order valence-corrected chi connectivity index (χ1v) is 9.39. The van der Waals surface area contributed by atoms with Crippen LogP contribution in [0.25, 0.3) is 5.69 Å². The molecular formula is C21H22N4O3S. The maximum absolute atomic E-state index is 12.9. The zero-order valence-corrected chi connectivity index (χ0v) is 17.2. The van der Waals surface area contributed by atoms with Crippen molar-refractivity contribution in [2.24, 2.45) is 7.05 Å². The molecule has 0 fully saturated rings. The number of nitrogens with zero attached hydrogens (tertiary/aromatic N) is 2. The van der Waals surface area contributed by atoms with Crippen molar-refractivity contribution in [1.29, 1.82) is 0 Å². The number of nitrogens with one attached hydrogen (secondary N) is 2. The Kier molecular flexibility index (Phi) is 6.13. The third kappa shape index (κ3) is 4.38. The number of hydrogen-bond acceptors (Lipinski definition) is 4. The van der Waals surface area contributed by atoms with Crippen LogP contribution in [0, 0.1) is 6.92 Å². The number of methoxy groups -OCH3 is 1. The number of aromatic nitrogens is 2. The summed E-state index contributed by atoms with van der Waals surface area (Å²) in [4.78, 5) is 24.4. The maximum Gasteiger partial charge on any atom is 0.337 e. The third-order valence-corrected chi connectivity index (χ3v) is 4.87. The van der Waals surface area contributed by atoms with Crippen molar-refractivity contribution in [2.75, 3.05) is 12.4 Å². The molecule has 2 aromatic carbocycles. The van der Waals surface area contributed by atoms with Gasteiger partial charge in [-0.2, -0.15) is 0 Å². The summed E-state index contributed by atoms with van der Waals surface area (Å²) in [5.41, 5.74) is 3.22. The van der Waals surface area contributed by atoms with E-state index >= 15 is 0 Å². The summed E-state index contributed by atoms with van der Waals surface area (Å²) in [6.07, 6.45) is 0. The van der Waals surface area contributed by atoms with Gasteiger partial charge in [-0.3, -0.25) is 9.48 Å². The number of carbonyl (C=O) groups is 1. The Balaban J connectivity index is 1.70. The lowest BCUT2D eigenvalue weighted by Gasteiger charge is -2.10. The average molecular weight is 410 g/mol. The van der Waals surface area contributed by atoms with Gasteiger partial charge in [0.1, 0.15) is 5.69 Å². The van der Waals surface area contributed by atoms with Crippen LogP contribution in [-0.2, 0) is 18.3 Å². The molecule has 2 N–H and O–H groups in total. The maximum atomic E-state index is 12.9. The van der Waals surface area contributed by atoms with Gasteiger partial charge in [-0.1, -0.05) is 30.3 Å². The van der Waals surface area contributed by atoms with Gasteiger partial charge in [0.05, 0.1) is 24.1 Å². The topological polar surface area (TPSA) is 77.3 Å². The van der Waals surface area contributed by atoms with Gasteiger partial charge < -0.3 is 15.4 Å². The van der Waals surface area contributed by atoms with E-state index in [4.69, 9.17) is 12.2 Å². The van der Waals surface area contributed by atoms with Crippen molar-refractivity contribution in [3.63, 3.8) is 0 Å². The molecule has 0 amide bonds. The Morgan fingerprint density at radius 1 is 1.10 bits per heavy atom. The van der Waals surface area contributed by atoms with Gasteiger partial charge in [0.2, 0.25) is 0 Å². The molecule has 0 aliphatic heterocycles. The van der Waals surface area contributed by atoms with Crippen LogP contribution in [0.15, 0.2) is 59.4 Å². The molecule has 8 heteroatoms. The zero-order chi connectivity index (χ0) is 21.0. The number of anilines is 1. The van der Waals surface area contributed by atoms with Crippen LogP contribution in [-0.4, -0.2) is 27.6 Å². The second-order valence-corrected chi connectivity index (χ2v) is 6.84. The fraction of sp³-hybridized carbons (Fsp3) is 0.190. The molecule has 0 saturated carbocycles. The molecule has 0 unspecified atom stereocenters.